The van der Waals surface area contributed by atoms with Crippen molar-refractivity contribution in [3.05, 3.63) is 29.8 Å². The minimum absolute atomic E-state index is 0.110. The van der Waals surface area contributed by atoms with Crippen LogP contribution in [0.1, 0.15) is 11.4 Å². The molecule has 2 rings (SSSR count). The van der Waals surface area contributed by atoms with Gasteiger partial charge < -0.3 is 9.84 Å². The number of hydrogen-bond donors (Lipinski definition) is 1. The van der Waals surface area contributed by atoms with Crippen molar-refractivity contribution in [2.45, 2.75) is 13.3 Å². The molecule has 1 amide bonds. The number of likely N-dealkylation sites (N-methyl/N-ethyl adjacent to an activating group) is 1. The van der Waals surface area contributed by atoms with Gasteiger partial charge in [-0.05, 0) is 18.6 Å². The number of aryl methyl sites for hydroxylation is 1. The number of carbonyl (C=O) groups is 1. The van der Waals surface area contributed by atoms with Crippen molar-refractivity contribution in [3.63, 3.8) is 0 Å². The summed E-state index contributed by atoms with van der Waals surface area (Å²) in [6.45, 7) is 1.93. The van der Waals surface area contributed by atoms with Gasteiger partial charge in [0.25, 0.3) is 5.89 Å². The molecule has 0 atom stereocenters. The summed E-state index contributed by atoms with van der Waals surface area (Å²) in [5, 5.41) is 6.23. The molecular formula is C11H12N4O2. The lowest BCUT2D eigenvalue weighted by Crippen LogP contribution is -2.20. The molecule has 88 valence electrons. The molecule has 0 aromatic carbocycles. The first kappa shape index (κ1) is 11.3. The maximum Gasteiger partial charge on any atom is 0.259 e. The molecule has 0 unspecified atom stereocenters. The second-order valence-corrected chi connectivity index (χ2v) is 3.62. The van der Waals surface area contributed by atoms with E-state index >= 15 is 0 Å². The van der Waals surface area contributed by atoms with Crippen molar-refractivity contribution in [2.75, 3.05) is 7.05 Å². The van der Waals surface area contributed by atoms with Gasteiger partial charge in [0.15, 0.2) is 5.82 Å². The molecule has 0 aliphatic rings. The number of nitrogens with one attached hydrogen (secondary N) is 1. The zero-order valence-electron chi connectivity index (χ0n) is 9.60. The highest BCUT2D eigenvalue weighted by Crippen LogP contribution is 2.16. The average Bonchev–Trinajstić information content (AvgIpc) is 2.77. The van der Waals surface area contributed by atoms with Gasteiger partial charge >= 0.3 is 0 Å². The van der Waals surface area contributed by atoms with Crippen molar-refractivity contribution >= 4 is 5.91 Å². The normalized spacial score (nSPS) is 10.2. The van der Waals surface area contributed by atoms with Crippen LogP contribution >= 0.6 is 0 Å². The molecule has 0 fully saturated rings. The molecule has 17 heavy (non-hydrogen) atoms. The van der Waals surface area contributed by atoms with Gasteiger partial charge in [0.1, 0.15) is 0 Å². The maximum absolute atomic E-state index is 11.1. The smallest absolute Gasteiger partial charge is 0.259 e. The Kier molecular flexibility index (Phi) is 3.13. The molecule has 0 radical (unpaired) electrons. The first-order valence-electron chi connectivity index (χ1n) is 5.14. The van der Waals surface area contributed by atoms with Crippen LogP contribution in [0.15, 0.2) is 23.0 Å². The van der Waals surface area contributed by atoms with E-state index in [4.69, 9.17) is 4.52 Å². The lowest BCUT2D eigenvalue weighted by molar-refractivity contribution is -0.120. The van der Waals surface area contributed by atoms with Gasteiger partial charge in [-0.25, -0.2) is 0 Å². The van der Waals surface area contributed by atoms with Crippen LogP contribution in [0.2, 0.25) is 0 Å². The molecule has 6 heteroatoms. The van der Waals surface area contributed by atoms with E-state index in [0.29, 0.717) is 11.7 Å². The molecule has 0 saturated heterocycles. The second kappa shape index (κ2) is 4.73. The van der Waals surface area contributed by atoms with Gasteiger partial charge in [-0.2, -0.15) is 4.98 Å². The molecule has 0 aliphatic heterocycles. The molecular weight excluding hydrogens is 220 g/mol. The largest absolute Gasteiger partial charge is 0.359 e. The quantitative estimate of drug-likeness (QED) is 0.843. The summed E-state index contributed by atoms with van der Waals surface area (Å²) in [5.41, 5.74) is 1.76. The topological polar surface area (TPSA) is 80.9 Å². The Balaban J connectivity index is 2.21. The number of hydrogen-bond acceptors (Lipinski definition) is 5. The second-order valence-electron chi connectivity index (χ2n) is 3.62. The molecule has 2 aromatic heterocycles. The Bertz CT molecular complexity index is 536. The molecule has 6 nitrogen and oxygen atoms in total. The number of aromatic nitrogens is 3. The molecule has 0 saturated carbocycles. The summed E-state index contributed by atoms with van der Waals surface area (Å²) in [5.74, 6) is 0.584. The van der Waals surface area contributed by atoms with Gasteiger partial charge in [-0.15, -0.1) is 0 Å². The molecule has 0 aliphatic carbocycles. The highest BCUT2D eigenvalue weighted by molar-refractivity contribution is 5.77. The van der Waals surface area contributed by atoms with E-state index in [9.17, 15) is 4.79 Å². The highest BCUT2D eigenvalue weighted by atomic mass is 16.5. The minimum Gasteiger partial charge on any atom is -0.359 e. The molecule has 1 N–H and O–H groups in total. The van der Waals surface area contributed by atoms with E-state index in [1.165, 1.54) is 0 Å². The van der Waals surface area contributed by atoms with Crippen LogP contribution in [-0.2, 0) is 11.2 Å². The fourth-order valence-electron chi connectivity index (χ4n) is 1.35. The summed E-state index contributed by atoms with van der Waals surface area (Å²) >= 11 is 0. The first-order chi connectivity index (χ1) is 8.19. The summed E-state index contributed by atoms with van der Waals surface area (Å²) in [6, 6.07) is 1.89. The van der Waals surface area contributed by atoms with Gasteiger partial charge in [0, 0.05) is 19.4 Å². The monoisotopic (exact) mass is 232 g/mol. The van der Waals surface area contributed by atoms with Gasteiger partial charge in [0.05, 0.1) is 12.0 Å². The zero-order valence-corrected chi connectivity index (χ0v) is 9.60. The molecule has 0 bridgehead atoms. The van der Waals surface area contributed by atoms with Crippen molar-refractivity contribution in [2.24, 2.45) is 0 Å². The van der Waals surface area contributed by atoms with Crippen LogP contribution < -0.4 is 5.32 Å². The number of carbonyl (C=O) groups excluding carboxylic acids is 1. The average molecular weight is 232 g/mol. The summed E-state index contributed by atoms with van der Waals surface area (Å²) in [7, 11) is 1.56. The van der Waals surface area contributed by atoms with E-state index in [-0.39, 0.29) is 12.3 Å². The van der Waals surface area contributed by atoms with E-state index in [1.807, 2.05) is 13.0 Å². The van der Waals surface area contributed by atoms with Crippen LogP contribution in [0, 0.1) is 6.92 Å². The van der Waals surface area contributed by atoms with E-state index in [1.54, 1.807) is 19.4 Å². The summed E-state index contributed by atoms with van der Waals surface area (Å²) in [6.07, 6.45) is 3.49. The third kappa shape index (κ3) is 2.66. The van der Waals surface area contributed by atoms with Crippen LogP contribution in [0.25, 0.3) is 11.5 Å². The minimum atomic E-state index is -0.153. The van der Waals surface area contributed by atoms with Gasteiger partial charge in [-0.3, -0.25) is 9.78 Å². The Hall–Kier alpha value is -2.24. The third-order valence-electron chi connectivity index (χ3n) is 2.19. The maximum atomic E-state index is 11.1. The fraction of sp³-hybridized carbons (Fsp3) is 0.273. The number of pyridine rings is 1. The molecule has 2 heterocycles. The van der Waals surface area contributed by atoms with Crippen molar-refractivity contribution in [1.29, 1.82) is 0 Å². The SMILES string of the molecule is CNC(=O)Cc1noc(-c2cncc(C)c2)n1. The first-order valence-corrected chi connectivity index (χ1v) is 5.14. The number of nitrogens with zero attached hydrogens (tertiary/aromatic N) is 3. The number of amides is 1. The van der Waals surface area contributed by atoms with Crippen molar-refractivity contribution < 1.29 is 9.32 Å². The Morgan fingerprint density at radius 3 is 3.00 bits per heavy atom. The predicted molar refractivity (Wildman–Crippen MR) is 60.0 cm³/mol. The fourth-order valence-corrected chi connectivity index (χ4v) is 1.35. The van der Waals surface area contributed by atoms with Gasteiger partial charge in [0.2, 0.25) is 5.91 Å². The van der Waals surface area contributed by atoms with E-state index < -0.39 is 0 Å². The predicted octanol–water partition coefficient (Wildman–Crippen LogP) is 0.729. The Morgan fingerprint density at radius 1 is 1.47 bits per heavy atom. The molecule has 0 spiro atoms. The van der Waals surface area contributed by atoms with E-state index in [0.717, 1.165) is 11.1 Å². The summed E-state index contributed by atoms with van der Waals surface area (Å²) < 4.78 is 5.07. The van der Waals surface area contributed by atoms with Crippen LogP contribution in [0.4, 0.5) is 0 Å². The van der Waals surface area contributed by atoms with Crippen molar-refractivity contribution in [3.8, 4) is 11.5 Å². The van der Waals surface area contributed by atoms with Gasteiger partial charge in [-0.1, -0.05) is 5.16 Å². The zero-order chi connectivity index (χ0) is 12.3. The lowest BCUT2D eigenvalue weighted by atomic mass is 10.2. The van der Waals surface area contributed by atoms with Crippen molar-refractivity contribution in [1.82, 2.24) is 20.4 Å². The number of rotatable bonds is 3. The molecule has 2 aromatic rings. The lowest BCUT2D eigenvalue weighted by Gasteiger charge is -1.94. The standard InChI is InChI=1S/C11H12N4O2/c1-7-3-8(6-13-5-7)11-14-9(15-17-11)4-10(16)12-2/h3,5-6H,4H2,1-2H3,(H,12,16). The van der Waals surface area contributed by atoms with E-state index in [2.05, 4.69) is 20.4 Å². The summed E-state index contributed by atoms with van der Waals surface area (Å²) in [4.78, 5) is 19.3. The van der Waals surface area contributed by atoms with Crippen LogP contribution in [0.3, 0.4) is 0 Å². The Labute approximate surface area is 98.1 Å². The van der Waals surface area contributed by atoms with Crippen LogP contribution in [0.5, 0.6) is 0 Å². The third-order valence-corrected chi connectivity index (χ3v) is 2.19. The highest BCUT2D eigenvalue weighted by Gasteiger charge is 2.11. The Morgan fingerprint density at radius 2 is 2.29 bits per heavy atom. The van der Waals surface area contributed by atoms with Crippen LogP contribution in [-0.4, -0.2) is 28.1 Å².